The fourth-order valence-corrected chi connectivity index (χ4v) is 2.27. The van der Waals surface area contributed by atoms with Gasteiger partial charge in [0.1, 0.15) is 23.5 Å². The molecule has 98 valence electrons. The van der Waals surface area contributed by atoms with Crippen LogP contribution in [0.1, 0.15) is 17.2 Å². The van der Waals surface area contributed by atoms with Crippen LogP contribution in [0.4, 0.5) is 15.8 Å². The summed E-state index contributed by atoms with van der Waals surface area (Å²) in [5.74, 6) is -0.830. The molecular formula is C15H10FN3O. The summed E-state index contributed by atoms with van der Waals surface area (Å²) in [5.41, 5.74) is 1.73. The maximum absolute atomic E-state index is 13.6. The van der Waals surface area contributed by atoms with Crippen molar-refractivity contribution < 1.29 is 9.18 Å². The lowest BCUT2D eigenvalue weighted by Crippen LogP contribution is -2.20. The van der Waals surface area contributed by atoms with Crippen LogP contribution in [0, 0.1) is 17.1 Å². The van der Waals surface area contributed by atoms with Gasteiger partial charge >= 0.3 is 0 Å². The standard InChI is InChI=1S/C15H10FN3O/c16-11-5-3-7-13(10(11)8-17)18-14-9-4-1-2-6-12(9)19-15(14)20/h1-7,14,18H,(H,19,20). The van der Waals surface area contributed by atoms with E-state index in [0.717, 1.165) is 11.3 Å². The van der Waals surface area contributed by atoms with Crippen molar-refractivity contribution in [3.05, 3.63) is 59.4 Å². The van der Waals surface area contributed by atoms with Crippen molar-refractivity contribution in [3.63, 3.8) is 0 Å². The number of hydrogen-bond donors (Lipinski definition) is 2. The maximum Gasteiger partial charge on any atom is 0.251 e. The zero-order chi connectivity index (χ0) is 14.1. The molecule has 1 aliphatic rings. The lowest BCUT2D eigenvalue weighted by molar-refractivity contribution is -0.116. The van der Waals surface area contributed by atoms with Gasteiger partial charge in [0, 0.05) is 11.3 Å². The minimum Gasteiger partial charge on any atom is -0.369 e. The van der Waals surface area contributed by atoms with Gasteiger partial charge in [-0.15, -0.1) is 0 Å². The van der Waals surface area contributed by atoms with E-state index in [1.807, 2.05) is 24.3 Å². The van der Waals surface area contributed by atoms with Gasteiger partial charge in [0.15, 0.2) is 0 Å². The molecule has 1 aliphatic heterocycles. The second-order valence-corrected chi connectivity index (χ2v) is 4.43. The summed E-state index contributed by atoms with van der Waals surface area (Å²) in [4.78, 5) is 12.0. The molecule has 1 unspecified atom stereocenters. The Morgan fingerprint density at radius 1 is 1.20 bits per heavy atom. The highest BCUT2D eigenvalue weighted by molar-refractivity contribution is 6.04. The number of hydrogen-bond acceptors (Lipinski definition) is 3. The quantitative estimate of drug-likeness (QED) is 0.879. The van der Waals surface area contributed by atoms with E-state index in [4.69, 9.17) is 5.26 Å². The number of carbonyl (C=O) groups excluding carboxylic acids is 1. The van der Waals surface area contributed by atoms with Crippen LogP contribution in [0.5, 0.6) is 0 Å². The normalized spacial score (nSPS) is 16.2. The van der Waals surface area contributed by atoms with Crippen molar-refractivity contribution in [1.29, 1.82) is 5.26 Å². The van der Waals surface area contributed by atoms with E-state index in [1.54, 1.807) is 12.1 Å². The van der Waals surface area contributed by atoms with Gasteiger partial charge in [-0.2, -0.15) is 5.26 Å². The third kappa shape index (κ3) is 1.88. The lowest BCUT2D eigenvalue weighted by atomic mass is 10.1. The van der Waals surface area contributed by atoms with Crippen molar-refractivity contribution in [2.24, 2.45) is 0 Å². The molecule has 4 nitrogen and oxygen atoms in total. The van der Waals surface area contributed by atoms with Gasteiger partial charge in [0.05, 0.1) is 5.69 Å². The maximum atomic E-state index is 13.6. The Kier molecular flexibility index (Phi) is 2.84. The minimum absolute atomic E-state index is 0.0929. The number of anilines is 2. The molecule has 20 heavy (non-hydrogen) atoms. The Bertz CT molecular complexity index is 736. The number of halogens is 1. The van der Waals surface area contributed by atoms with Gasteiger partial charge in [0.2, 0.25) is 0 Å². The van der Waals surface area contributed by atoms with Crippen molar-refractivity contribution in [1.82, 2.24) is 0 Å². The Balaban J connectivity index is 1.99. The summed E-state index contributed by atoms with van der Waals surface area (Å²) >= 11 is 0. The van der Waals surface area contributed by atoms with Crippen LogP contribution < -0.4 is 10.6 Å². The van der Waals surface area contributed by atoms with Gasteiger partial charge in [-0.25, -0.2) is 4.39 Å². The van der Waals surface area contributed by atoms with Crippen molar-refractivity contribution in [2.45, 2.75) is 6.04 Å². The van der Waals surface area contributed by atoms with Crippen molar-refractivity contribution >= 4 is 17.3 Å². The molecule has 1 atom stereocenters. The smallest absolute Gasteiger partial charge is 0.251 e. The number of amides is 1. The number of fused-ring (bicyclic) bond motifs is 1. The highest BCUT2D eigenvalue weighted by atomic mass is 19.1. The Morgan fingerprint density at radius 2 is 2.00 bits per heavy atom. The zero-order valence-electron chi connectivity index (χ0n) is 10.4. The summed E-state index contributed by atoms with van der Waals surface area (Å²) in [6, 6.07) is 12.7. The molecule has 1 heterocycles. The predicted octanol–water partition coefficient (Wildman–Crippen LogP) is 2.80. The molecule has 2 aromatic rings. The topological polar surface area (TPSA) is 64.9 Å². The summed E-state index contributed by atoms with van der Waals surface area (Å²) in [6.45, 7) is 0. The van der Waals surface area contributed by atoms with E-state index >= 15 is 0 Å². The molecular weight excluding hydrogens is 257 g/mol. The first-order valence-electron chi connectivity index (χ1n) is 6.05. The second-order valence-electron chi connectivity index (χ2n) is 4.43. The molecule has 0 aliphatic carbocycles. The molecule has 3 rings (SSSR count). The number of carbonyl (C=O) groups is 1. The third-order valence-electron chi connectivity index (χ3n) is 3.22. The van der Waals surface area contributed by atoms with Crippen LogP contribution in [0.15, 0.2) is 42.5 Å². The first-order chi connectivity index (χ1) is 9.70. The Hall–Kier alpha value is -2.87. The number of nitrogens with one attached hydrogen (secondary N) is 2. The van der Waals surface area contributed by atoms with E-state index in [2.05, 4.69) is 10.6 Å². The van der Waals surface area contributed by atoms with Crippen molar-refractivity contribution in [3.8, 4) is 6.07 Å². The number of benzene rings is 2. The first kappa shape index (κ1) is 12.2. The van der Waals surface area contributed by atoms with Crippen LogP contribution in [-0.2, 0) is 4.79 Å². The van der Waals surface area contributed by atoms with E-state index in [0.29, 0.717) is 5.69 Å². The molecule has 0 radical (unpaired) electrons. The third-order valence-corrected chi connectivity index (χ3v) is 3.22. The fourth-order valence-electron chi connectivity index (χ4n) is 2.27. The zero-order valence-corrected chi connectivity index (χ0v) is 10.4. The second kappa shape index (κ2) is 4.67. The van der Waals surface area contributed by atoms with Crippen LogP contribution in [-0.4, -0.2) is 5.91 Å². The summed E-state index contributed by atoms with van der Waals surface area (Å²) in [5, 5.41) is 14.7. The van der Waals surface area contributed by atoms with Gasteiger partial charge in [0.25, 0.3) is 5.91 Å². The van der Waals surface area contributed by atoms with Gasteiger partial charge < -0.3 is 10.6 Å². The van der Waals surface area contributed by atoms with Gasteiger partial charge in [-0.05, 0) is 18.2 Å². The van der Waals surface area contributed by atoms with Gasteiger partial charge in [-0.1, -0.05) is 24.3 Å². The molecule has 0 fully saturated rings. The highest BCUT2D eigenvalue weighted by Gasteiger charge is 2.30. The molecule has 2 N–H and O–H groups in total. The fraction of sp³-hybridized carbons (Fsp3) is 0.0667. The summed E-state index contributed by atoms with van der Waals surface area (Å²) < 4.78 is 13.6. The van der Waals surface area contributed by atoms with E-state index < -0.39 is 11.9 Å². The molecule has 0 saturated heterocycles. The molecule has 2 aromatic carbocycles. The van der Waals surface area contributed by atoms with Crippen LogP contribution in [0.2, 0.25) is 0 Å². The van der Waals surface area contributed by atoms with Crippen LogP contribution >= 0.6 is 0 Å². The number of rotatable bonds is 2. The largest absolute Gasteiger partial charge is 0.369 e. The predicted molar refractivity (Wildman–Crippen MR) is 72.6 cm³/mol. The number of para-hydroxylation sites is 1. The lowest BCUT2D eigenvalue weighted by Gasteiger charge is -2.14. The minimum atomic E-state index is -0.625. The number of nitriles is 1. The average Bonchev–Trinajstić information content (AvgIpc) is 2.76. The molecule has 0 bridgehead atoms. The van der Waals surface area contributed by atoms with Crippen molar-refractivity contribution in [2.75, 3.05) is 10.6 Å². The monoisotopic (exact) mass is 267 g/mol. The average molecular weight is 267 g/mol. The van der Waals surface area contributed by atoms with Crippen LogP contribution in [0.3, 0.4) is 0 Å². The summed E-state index contributed by atoms with van der Waals surface area (Å²) in [7, 11) is 0. The highest BCUT2D eigenvalue weighted by Crippen LogP contribution is 2.33. The summed E-state index contributed by atoms with van der Waals surface area (Å²) in [6.07, 6.45) is 0. The van der Waals surface area contributed by atoms with E-state index in [1.165, 1.54) is 12.1 Å². The molecule has 0 saturated carbocycles. The number of nitrogens with zero attached hydrogens (tertiary/aromatic N) is 1. The molecule has 5 heteroatoms. The van der Waals surface area contributed by atoms with E-state index in [-0.39, 0.29) is 11.5 Å². The molecule has 0 aromatic heterocycles. The van der Waals surface area contributed by atoms with Crippen LogP contribution in [0.25, 0.3) is 0 Å². The Labute approximate surface area is 114 Å². The molecule has 1 amide bonds. The Morgan fingerprint density at radius 3 is 2.80 bits per heavy atom. The first-order valence-corrected chi connectivity index (χ1v) is 6.05. The molecule has 0 spiro atoms. The van der Waals surface area contributed by atoms with E-state index in [9.17, 15) is 9.18 Å². The van der Waals surface area contributed by atoms with Gasteiger partial charge in [-0.3, -0.25) is 4.79 Å². The SMILES string of the molecule is N#Cc1c(F)cccc1NC1C(=O)Nc2ccccc21.